The molecule has 0 unspecified atom stereocenters. The highest BCUT2D eigenvalue weighted by Crippen LogP contribution is 2.06. The van der Waals surface area contributed by atoms with E-state index < -0.39 is 6.09 Å². The lowest BCUT2D eigenvalue weighted by molar-refractivity contribution is 0.177. The molecular formula is C16H16N4O2S. The van der Waals surface area contributed by atoms with Gasteiger partial charge < -0.3 is 10.5 Å². The quantitative estimate of drug-likeness (QED) is 0.446. The van der Waals surface area contributed by atoms with Gasteiger partial charge in [-0.25, -0.2) is 4.79 Å². The summed E-state index contributed by atoms with van der Waals surface area (Å²) < 4.78 is 5.19. The minimum Gasteiger partial charge on any atom is -0.443 e. The van der Waals surface area contributed by atoms with Crippen molar-refractivity contribution in [1.82, 2.24) is 5.43 Å². The van der Waals surface area contributed by atoms with E-state index >= 15 is 0 Å². The Bertz CT molecular complexity index is 690. The first-order valence-electron chi connectivity index (χ1n) is 6.81. The fourth-order valence-corrected chi connectivity index (χ4v) is 1.79. The molecule has 1 amide bonds. The molecule has 0 saturated carbocycles. The molecule has 23 heavy (non-hydrogen) atoms. The Hall–Kier alpha value is -2.93. The molecule has 0 aliphatic rings. The number of para-hydroxylation sites is 1. The molecule has 0 aliphatic heterocycles. The topological polar surface area (TPSA) is 88.7 Å². The molecule has 0 heterocycles. The molecule has 2 aromatic rings. The largest absolute Gasteiger partial charge is 0.443 e. The lowest BCUT2D eigenvalue weighted by Crippen LogP contribution is -2.27. The summed E-state index contributed by atoms with van der Waals surface area (Å²) in [7, 11) is 0. The van der Waals surface area contributed by atoms with Gasteiger partial charge in [0, 0.05) is 11.3 Å². The van der Waals surface area contributed by atoms with Crippen molar-refractivity contribution in [3.63, 3.8) is 0 Å². The number of nitrogens with zero attached hydrogens (tertiary/aromatic N) is 1. The van der Waals surface area contributed by atoms with Crippen LogP contribution in [-0.4, -0.2) is 23.5 Å². The van der Waals surface area contributed by atoms with Gasteiger partial charge in [0.2, 0.25) is 0 Å². The molecule has 118 valence electrons. The third-order valence-electron chi connectivity index (χ3n) is 2.77. The van der Waals surface area contributed by atoms with E-state index in [1.807, 2.05) is 48.5 Å². The Balaban J connectivity index is 1.99. The third kappa shape index (κ3) is 5.76. The molecule has 0 bridgehead atoms. The van der Waals surface area contributed by atoms with E-state index in [1.165, 1.54) is 0 Å². The Kier molecular flexibility index (Phi) is 6.07. The average Bonchev–Trinajstić information content (AvgIpc) is 2.56. The highest BCUT2D eigenvalue weighted by atomic mass is 32.1. The fourth-order valence-electron chi connectivity index (χ4n) is 1.74. The van der Waals surface area contributed by atoms with Gasteiger partial charge >= 0.3 is 6.09 Å². The maximum atomic E-state index is 11.8. The molecule has 0 atom stereocenters. The van der Waals surface area contributed by atoms with Gasteiger partial charge in [-0.3, -0.25) is 10.7 Å². The number of hydrogen-bond donors (Lipinski definition) is 3. The van der Waals surface area contributed by atoms with E-state index in [9.17, 15) is 4.79 Å². The monoisotopic (exact) mass is 328 g/mol. The summed E-state index contributed by atoms with van der Waals surface area (Å²) in [6, 6.07) is 18.3. The Labute approximate surface area is 139 Å². The van der Waals surface area contributed by atoms with Crippen LogP contribution in [0.4, 0.5) is 10.5 Å². The Morgan fingerprint density at radius 2 is 1.70 bits per heavy atom. The normalized spacial score (nSPS) is 10.7. The molecule has 0 fully saturated rings. The lowest BCUT2D eigenvalue weighted by Gasteiger charge is -2.10. The van der Waals surface area contributed by atoms with Gasteiger partial charge in [-0.05, 0) is 24.4 Å². The summed E-state index contributed by atoms with van der Waals surface area (Å²) in [6.45, 7) is -0.0295. The Morgan fingerprint density at radius 3 is 2.30 bits per heavy atom. The van der Waals surface area contributed by atoms with Crippen molar-refractivity contribution in [2.75, 3.05) is 11.9 Å². The lowest BCUT2D eigenvalue weighted by atomic mass is 10.1. The molecule has 0 radical (unpaired) electrons. The fraction of sp³-hybridized carbons (Fsp3) is 0.0625. The number of ether oxygens (including phenoxy) is 1. The van der Waals surface area contributed by atoms with Crippen molar-refractivity contribution in [2.45, 2.75) is 0 Å². The van der Waals surface area contributed by atoms with Crippen LogP contribution in [0, 0.1) is 0 Å². The van der Waals surface area contributed by atoms with Gasteiger partial charge in [-0.2, -0.15) is 5.10 Å². The number of nitrogens with two attached hydrogens (primary N) is 1. The number of hydrazone groups is 1. The van der Waals surface area contributed by atoms with Gasteiger partial charge in [0.25, 0.3) is 0 Å². The van der Waals surface area contributed by atoms with E-state index in [2.05, 4.69) is 15.8 Å². The highest BCUT2D eigenvalue weighted by Gasteiger charge is 2.09. The van der Waals surface area contributed by atoms with E-state index in [0.717, 1.165) is 5.56 Å². The van der Waals surface area contributed by atoms with Crippen LogP contribution in [0.2, 0.25) is 0 Å². The number of carbonyl (C=O) groups excluding carboxylic acids is 1. The van der Waals surface area contributed by atoms with Crippen LogP contribution in [0.5, 0.6) is 0 Å². The number of hydrogen-bond acceptors (Lipinski definition) is 4. The first-order chi connectivity index (χ1) is 11.1. The molecule has 2 rings (SSSR count). The smallest absolute Gasteiger partial charge is 0.412 e. The van der Waals surface area contributed by atoms with Crippen LogP contribution in [0.15, 0.2) is 65.8 Å². The van der Waals surface area contributed by atoms with E-state index in [1.54, 1.807) is 12.1 Å². The zero-order valence-electron chi connectivity index (χ0n) is 12.2. The molecule has 0 aliphatic carbocycles. The SMILES string of the molecule is NC(=S)NN=C(COC(=O)Nc1ccccc1)c1ccccc1. The second-order valence-electron chi connectivity index (χ2n) is 4.47. The standard InChI is InChI=1S/C16H16N4O2S/c17-15(23)20-19-14(12-7-3-1-4-8-12)11-22-16(21)18-13-9-5-2-6-10-13/h1-10H,11H2,(H,18,21)(H3,17,20,23). The van der Waals surface area contributed by atoms with Crippen LogP contribution in [0.3, 0.4) is 0 Å². The first kappa shape index (κ1) is 16.4. The van der Waals surface area contributed by atoms with E-state index in [4.69, 9.17) is 22.7 Å². The first-order valence-corrected chi connectivity index (χ1v) is 7.22. The molecule has 6 nitrogen and oxygen atoms in total. The molecule has 4 N–H and O–H groups in total. The minimum absolute atomic E-state index is 0.0295. The van der Waals surface area contributed by atoms with Crippen LogP contribution in [0.1, 0.15) is 5.56 Å². The predicted molar refractivity (Wildman–Crippen MR) is 94.3 cm³/mol. The summed E-state index contributed by atoms with van der Waals surface area (Å²) in [4.78, 5) is 11.8. The van der Waals surface area contributed by atoms with Crippen molar-refractivity contribution >= 4 is 34.8 Å². The van der Waals surface area contributed by atoms with E-state index in [-0.39, 0.29) is 11.7 Å². The number of carbonyl (C=O) groups is 1. The van der Waals surface area contributed by atoms with Crippen LogP contribution < -0.4 is 16.5 Å². The second-order valence-corrected chi connectivity index (χ2v) is 4.91. The molecule has 7 heteroatoms. The summed E-state index contributed by atoms with van der Waals surface area (Å²) in [5, 5.41) is 6.73. The molecule has 0 spiro atoms. The number of benzene rings is 2. The predicted octanol–water partition coefficient (Wildman–Crippen LogP) is 2.47. The molecule has 2 aromatic carbocycles. The number of anilines is 1. The van der Waals surface area contributed by atoms with Crippen LogP contribution in [-0.2, 0) is 4.74 Å². The van der Waals surface area contributed by atoms with Crippen molar-refractivity contribution < 1.29 is 9.53 Å². The molecule has 0 saturated heterocycles. The van der Waals surface area contributed by atoms with Gasteiger partial charge in [-0.15, -0.1) is 0 Å². The number of thiocarbonyl (C=S) groups is 1. The van der Waals surface area contributed by atoms with Crippen molar-refractivity contribution in [3.05, 3.63) is 66.2 Å². The summed E-state index contributed by atoms with van der Waals surface area (Å²) in [5.74, 6) is 0. The van der Waals surface area contributed by atoms with Gasteiger partial charge in [-0.1, -0.05) is 48.5 Å². The van der Waals surface area contributed by atoms with Gasteiger partial charge in [0.15, 0.2) is 5.11 Å². The highest BCUT2D eigenvalue weighted by molar-refractivity contribution is 7.80. The van der Waals surface area contributed by atoms with Crippen molar-refractivity contribution in [2.24, 2.45) is 10.8 Å². The van der Waals surface area contributed by atoms with Crippen LogP contribution >= 0.6 is 12.2 Å². The van der Waals surface area contributed by atoms with Crippen molar-refractivity contribution in [3.8, 4) is 0 Å². The molecular weight excluding hydrogens is 312 g/mol. The Morgan fingerprint density at radius 1 is 1.09 bits per heavy atom. The minimum atomic E-state index is -0.574. The number of nitrogens with one attached hydrogen (secondary N) is 2. The summed E-state index contributed by atoms with van der Waals surface area (Å²) in [6.07, 6.45) is -0.574. The van der Waals surface area contributed by atoms with Gasteiger partial charge in [0.05, 0.1) is 0 Å². The summed E-state index contributed by atoms with van der Waals surface area (Å²) in [5.41, 5.74) is 9.82. The number of rotatable bonds is 5. The zero-order chi connectivity index (χ0) is 16.5. The average molecular weight is 328 g/mol. The van der Waals surface area contributed by atoms with Crippen LogP contribution in [0.25, 0.3) is 0 Å². The zero-order valence-corrected chi connectivity index (χ0v) is 13.0. The second kappa shape index (κ2) is 8.50. The van der Waals surface area contributed by atoms with Gasteiger partial charge in [0.1, 0.15) is 12.3 Å². The number of amides is 1. The summed E-state index contributed by atoms with van der Waals surface area (Å²) >= 11 is 4.73. The van der Waals surface area contributed by atoms with Crippen molar-refractivity contribution in [1.29, 1.82) is 0 Å². The van der Waals surface area contributed by atoms with E-state index in [0.29, 0.717) is 11.4 Å². The maximum absolute atomic E-state index is 11.8. The maximum Gasteiger partial charge on any atom is 0.412 e. The third-order valence-corrected chi connectivity index (χ3v) is 2.86. The molecule has 0 aromatic heterocycles.